The molecule has 0 radical (unpaired) electrons. The molecule has 1 aromatic carbocycles. The van der Waals surface area contributed by atoms with Crippen molar-refractivity contribution in [3.63, 3.8) is 0 Å². The number of hydrogen-bond donors (Lipinski definition) is 1. The van der Waals surface area contributed by atoms with E-state index >= 15 is 0 Å². The lowest BCUT2D eigenvalue weighted by Gasteiger charge is -2.24. The number of sulfonamides is 1. The molecule has 1 heterocycles. The van der Waals surface area contributed by atoms with Gasteiger partial charge in [0.05, 0.1) is 10.9 Å². The van der Waals surface area contributed by atoms with E-state index in [2.05, 4.69) is 5.32 Å². The quantitative estimate of drug-likeness (QED) is 0.893. The molecular weight excluding hydrogens is 267 g/mol. The Morgan fingerprint density at radius 3 is 2.89 bits per heavy atom. The third-order valence-electron chi connectivity index (χ3n) is 3.40. The first-order chi connectivity index (χ1) is 8.96. The molecule has 106 valence electrons. The van der Waals surface area contributed by atoms with Gasteiger partial charge in [-0.3, -0.25) is 4.31 Å². The minimum Gasteiger partial charge on any atom is -0.316 e. The molecule has 0 aliphatic carbocycles. The van der Waals surface area contributed by atoms with Crippen LogP contribution in [-0.2, 0) is 16.4 Å². The van der Waals surface area contributed by atoms with Crippen LogP contribution in [-0.4, -0.2) is 33.3 Å². The Hall–Kier alpha value is -1.14. The molecule has 0 spiro atoms. The Morgan fingerprint density at radius 2 is 2.21 bits per heavy atom. The van der Waals surface area contributed by atoms with E-state index in [1.54, 1.807) is 13.0 Å². The van der Waals surface area contributed by atoms with Crippen molar-refractivity contribution in [2.24, 2.45) is 0 Å². The summed E-state index contributed by atoms with van der Waals surface area (Å²) in [6, 6.07) is 4.34. The zero-order valence-electron chi connectivity index (χ0n) is 11.2. The predicted octanol–water partition coefficient (Wildman–Crippen LogP) is 1.52. The summed E-state index contributed by atoms with van der Waals surface area (Å²) in [5.74, 6) is -0.403. The normalized spacial score (nSPS) is 16.5. The van der Waals surface area contributed by atoms with E-state index in [1.807, 2.05) is 6.92 Å². The molecule has 0 saturated heterocycles. The van der Waals surface area contributed by atoms with Gasteiger partial charge in [-0.2, -0.15) is 0 Å². The smallest absolute Gasteiger partial charge is 0.239 e. The summed E-state index contributed by atoms with van der Waals surface area (Å²) >= 11 is 0. The van der Waals surface area contributed by atoms with Crippen LogP contribution in [0.25, 0.3) is 0 Å². The molecule has 2 rings (SSSR count). The molecule has 0 amide bonds. The highest BCUT2D eigenvalue weighted by Crippen LogP contribution is 2.32. The van der Waals surface area contributed by atoms with E-state index in [0.717, 1.165) is 12.1 Å². The zero-order chi connectivity index (χ0) is 14.0. The first-order valence-corrected chi connectivity index (χ1v) is 7.98. The number of fused-ring (bicyclic) bond motifs is 1. The molecule has 1 aliphatic heterocycles. The molecule has 4 nitrogen and oxygen atoms in total. The van der Waals surface area contributed by atoms with Crippen LogP contribution in [0.2, 0.25) is 0 Å². The average molecular weight is 286 g/mol. The second-order valence-corrected chi connectivity index (χ2v) is 7.03. The fourth-order valence-corrected chi connectivity index (χ4v) is 3.81. The number of halogens is 1. The molecule has 1 aromatic rings. The van der Waals surface area contributed by atoms with Gasteiger partial charge in [0.1, 0.15) is 5.82 Å². The number of rotatable bonds is 5. The number of nitrogens with one attached hydrogen (secondary N) is 1. The van der Waals surface area contributed by atoms with Gasteiger partial charge in [-0.15, -0.1) is 0 Å². The molecule has 1 N–H and O–H groups in total. The van der Waals surface area contributed by atoms with Crippen molar-refractivity contribution < 1.29 is 12.8 Å². The Morgan fingerprint density at radius 1 is 1.47 bits per heavy atom. The van der Waals surface area contributed by atoms with Crippen LogP contribution in [0.3, 0.4) is 0 Å². The monoisotopic (exact) mass is 286 g/mol. The van der Waals surface area contributed by atoms with Gasteiger partial charge in [-0.05, 0) is 37.6 Å². The van der Waals surface area contributed by atoms with Crippen molar-refractivity contribution in [2.75, 3.05) is 23.9 Å². The van der Waals surface area contributed by atoms with Gasteiger partial charge in [0, 0.05) is 13.1 Å². The van der Waals surface area contributed by atoms with Gasteiger partial charge in [-0.1, -0.05) is 13.0 Å². The van der Waals surface area contributed by atoms with Crippen LogP contribution < -0.4 is 9.62 Å². The SMILES string of the molecule is CCNCC(C)S(=O)(=O)N1CCc2ccc(F)cc21. The number of hydrogen-bond acceptors (Lipinski definition) is 3. The van der Waals surface area contributed by atoms with Gasteiger partial charge < -0.3 is 5.32 Å². The Balaban J connectivity index is 2.27. The van der Waals surface area contributed by atoms with Gasteiger partial charge in [0.25, 0.3) is 0 Å². The van der Waals surface area contributed by atoms with Crippen molar-refractivity contribution in [1.29, 1.82) is 0 Å². The van der Waals surface area contributed by atoms with Crippen LogP contribution in [0, 0.1) is 5.82 Å². The molecule has 0 fully saturated rings. The van der Waals surface area contributed by atoms with Crippen LogP contribution in [0.15, 0.2) is 18.2 Å². The molecule has 6 heteroatoms. The Kier molecular flexibility index (Phi) is 4.10. The summed E-state index contributed by atoms with van der Waals surface area (Å²) in [4.78, 5) is 0. The minimum absolute atomic E-state index is 0.400. The molecule has 1 aliphatic rings. The number of benzene rings is 1. The third kappa shape index (κ3) is 2.74. The largest absolute Gasteiger partial charge is 0.316 e. The van der Waals surface area contributed by atoms with Crippen molar-refractivity contribution in [3.8, 4) is 0 Å². The van der Waals surface area contributed by atoms with Crippen molar-refractivity contribution in [1.82, 2.24) is 5.32 Å². The third-order valence-corrected chi connectivity index (χ3v) is 5.57. The Bertz CT molecular complexity index is 560. The minimum atomic E-state index is -3.44. The van der Waals surface area contributed by atoms with E-state index in [4.69, 9.17) is 0 Å². The standard InChI is InChI=1S/C13H19FN2O2S/c1-3-15-9-10(2)19(17,18)16-7-6-11-4-5-12(14)8-13(11)16/h4-5,8,10,15H,3,6-7,9H2,1-2H3. The summed E-state index contributed by atoms with van der Waals surface area (Å²) in [5, 5.41) is 2.51. The summed E-state index contributed by atoms with van der Waals surface area (Å²) in [5.41, 5.74) is 1.38. The summed E-state index contributed by atoms with van der Waals surface area (Å²) in [7, 11) is -3.44. The van der Waals surface area contributed by atoms with E-state index in [1.165, 1.54) is 16.4 Å². The van der Waals surface area contributed by atoms with Crippen molar-refractivity contribution in [2.45, 2.75) is 25.5 Å². The fourth-order valence-electron chi connectivity index (χ4n) is 2.26. The lowest BCUT2D eigenvalue weighted by Crippen LogP contribution is -2.41. The van der Waals surface area contributed by atoms with Crippen LogP contribution in [0.4, 0.5) is 10.1 Å². The molecule has 1 unspecified atom stereocenters. The highest BCUT2D eigenvalue weighted by molar-refractivity contribution is 7.93. The lowest BCUT2D eigenvalue weighted by atomic mass is 10.2. The molecule has 0 saturated carbocycles. The van der Waals surface area contributed by atoms with Gasteiger partial charge in [-0.25, -0.2) is 12.8 Å². The molecule has 0 bridgehead atoms. The van der Waals surface area contributed by atoms with Gasteiger partial charge >= 0.3 is 0 Å². The van der Waals surface area contributed by atoms with Crippen LogP contribution >= 0.6 is 0 Å². The van der Waals surface area contributed by atoms with Crippen LogP contribution in [0.1, 0.15) is 19.4 Å². The van der Waals surface area contributed by atoms with Gasteiger partial charge in [0.2, 0.25) is 10.0 Å². The van der Waals surface area contributed by atoms with Crippen molar-refractivity contribution >= 4 is 15.7 Å². The Labute approximate surface area is 113 Å². The second kappa shape index (κ2) is 5.46. The van der Waals surface area contributed by atoms with E-state index in [0.29, 0.717) is 25.2 Å². The van der Waals surface area contributed by atoms with E-state index in [9.17, 15) is 12.8 Å². The molecule has 19 heavy (non-hydrogen) atoms. The maximum atomic E-state index is 13.3. The summed E-state index contributed by atoms with van der Waals surface area (Å²) in [6.45, 7) is 5.14. The number of nitrogens with zero attached hydrogens (tertiary/aromatic N) is 1. The average Bonchev–Trinajstić information content (AvgIpc) is 2.79. The highest BCUT2D eigenvalue weighted by atomic mass is 32.2. The lowest BCUT2D eigenvalue weighted by molar-refractivity contribution is 0.570. The van der Waals surface area contributed by atoms with E-state index in [-0.39, 0.29) is 0 Å². The summed E-state index contributed by atoms with van der Waals surface area (Å²) in [6.07, 6.45) is 0.642. The summed E-state index contributed by atoms with van der Waals surface area (Å²) < 4.78 is 39.6. The van der Waals surface area contributed by atoms with Crippen LogP contribution in [0.5, 0.6) is 0 Å². The highest BCUT2D eigenvalue weighted by Gasteiger charge is 2.33. The maximum Gasteiger partial charge on any atom is 0.239 e. The zero-order valence-corrected chi connectivity index (χ0v) is 12.0. The second-order valence-electron chi connectivity index (χ2n) is 4.76. The number of anilines is 1. The van der Waals surface area contributed by atoms with Crippen molar-refractivity contribution in [3.05, 3.63) is 29.6 Å². The predicted molar refractivity (Wildman–Crippen MR) is 74.4 cm³/mol. The first-order valence-electron chi connectivity index (χ1n) is 6.47. The molecule has 1 atom stereocenters. The van der Waals surface area contributed by atoms with E-state index < -0.39 is 21.1 Å². The molecule has 0 aromatic heterocycles. The first kappa shape index (κ1) is 14.3. The fraction of sp³-hybridized carbons (Fsp3) is 0.538. The molecular formula is C13H19FN2O2S. The van der Waals surface area contributed by atoms with Gasteiger partial charge in [0.15, 0.2) is 0 Å². The maximum absolute atomic E-state index is 13.3. The topological polar surface area (TPSA) is 49.4 Å².